The minimum Gasteiger partial charge on any atom is -0.374 e. The molecular formula is C13H28N2O. The molecule has 1 aliphatic rings. The van der Waals surface area contributed by atoms with Crippen LogP contribution in [0.3, 0.4) is 0 Å². The van der Waals surface area contributed by atoms with Crippen LogP contribution >= 0.6 is 0 Å². The summed E-state index contributed by atoms with van der Waals surface area (Å²) in [6.07, 6.45) is 5.23. The Morgan fingerprint density at radius 3 is 2.62 bits per heavy atom. The maximum atomic E-state index is 5.83. The summed E-state index contributed by atoms with van der Waals surface area (Å²) < 4.78 is 5.83. The van der Waals surface area contributed by atoms with Crippen LogP contribution in [0.4, 0.5) is 0 Å². The van der Waals surface area contributed by atoms with Gasteiger partial charge in [0.25, 0.3) is 0 Å². The quantitative estimate of drug-likeness (QED) is 0.561. The Kier molecular flexibility index (Phi) is 5.22. The first kappa shape index (κ1) is 13.9. The molecule has 0 spiro atoms. The Bertz CT molecular complexity index is 206. The minimum absolute atomic E-state index is 0.175. The van der Waals surface area contributed by atoms with Crippen molar-refractivity contribution in [3.05, 3.63) is 0 Å². The molecule has 3 heteroatoms. The van der Waals surface area contributed by atoms with Crippen LogP contribution in [0.2, 0.25) is 0 Å². The third kappa shape index (κ3) is 3.44. The summed E-state index contributed by atoms with van der Waals surface area (Å²) in [4.78, 5) is 0. The first-order valence-electron chi connectivity index (χ1n) is 6.61. The van der Waals surface area contributed by atoms with Crippen molar-refractivity contribution in [3.8, 4) is 0 Å². The molecule has 0 aromatic rings. The second kappa shape index (κ2) is 5.99. The van der Waals surface area contributed by atoms with Crippen LogP contribution < -0.4 is 11.3 Å². The Balaban J connectivity index is 2.64. The molecule has 0 aromatic carbocycles. The maximum Gasteiger partial charge on any atom is 0.0794 e. The monoisotopic (exact) mass is 228 g/mol. The van der Waals surface area contributed by atoms with Gasteiger partial charge in [-0.2, -0.15) is 0 Å². The van der Waals surface area contributed by atoms with Gasteiger partial charge in [-0.1, -0.05) is 19.8 Å². The first-order chi connectivity index (χ1) is 7.51. The van der Waals surface area contributed by atoms with Gasteiger partial charge >= 0.3 is 0 Å². The van der Waals surface area contributed by atoms with Gasteiger partial charge in [0, 0.05) is 6.61 Å². The van der Waals surface area contributed by atoms with Gasteiger partial charge in [0.1, 0.15) is 0 Å². The molecule has 96 valence electrons. The molecule has 3 atom stereocenters. The third-order valence-electron chi connectivity index (χ3n) is 3.89. The number of hydrogen-bond acceptors (Lipinski definition) is 3. The van der Waals surface area contributed by atoms with Gasteiger partial charge in [0.15, 0.2) is 0 Å². The SMILES string of the molecule is CCOC(C)(C)C(NN)C1CCCC(C)C1. The normalized spacial score (nSPS) is 29.1. The van der Waals surface area contributed by atoms with E-state index in [2.05, 4.69) is 26.2 Å². The fourth-order valence-corrected chi connectivity index (χ4v) is 3.15. The zero-order valence-electron chi connectivity index (χ0n) is 11.3. The average molecular weight is 228 g/mol. The lowest BCUT2D eigenvalue weighted by molar-refractivity contribution is -0.0593. The van der Waals surface area contributed by atoms with Crippen molar-refractivity contribution in [3.63, 3.8) is 0 Å². The first-order valence-corrected chi connectivity index (χ1v) is 6.61. The molecule has 0 saturated heterocycles. The lowest BCUT2D eigenvalue weighted by atomic mass is 9.74. The van der Waals surface area contributed by atoms with Gasteiger partial charge in [-0.05, 0) is 45.4 Å². The van der Waals surface area contributed by atoms with E-state index in [9.17, 15) is 0 Å². The van der Waals surface area contributed by atoms with Crippen LogP contribution in [0.25, 0.3) is 0 Å². The van der Waals surface area contributed by atoms with Crippen molar-refractivity contribution >= 4 is 0 Å². The fraction of sp³-hybridized carbons (Fsp3) is 1.00. The molecule has 0 bridgehead atoms. The third-order valence-corrected chi connectivity index (χ3v) is 3.89. The van der Waals surface area contributed by atoms with Crippen LogP contribution in [-0.2, 0) is 4.74 Å². The maximum absolute atomic E-state index is 5.83. The summed E-state index contributed by atoms with van der Waals surface area (Å²) in [5.74, 6) is 7.21. The second-order valence-corrected chi connectivity index (χ2v) is 5.71. The summed E-state index contributed by atoms with van der Waals surface area (Å²) >= 11 is 0. The number of ether oxygens (including phenoxy) is 1. The smallest absolute Gasteiger partial charge is 0.0794 e. The largest absolute Gasteiger partial charge is 0.374 e. The number of nitrogens with two attached hydrogens (primary N) is 1. The number of hydrogen-bond donors (Lipinski definition) is 2. The van der Waals surface area contributed by atoms with Crippen LogP contribution in [0.5, 0.6) is 0 Å². The highest BCUT2D eigenvalue weighted by atomic mass is 16.5. The second-order valence-electron chi connectivity index (χ2n) is 5.71. The van der Waals surface area contributed by atoms with Gasteiger partial charge in [0.05, 0.1) is 11.6 Å². The van der Waals surface area contributed by atoms with E-state index in [1.165, 1.54) is 25.7 Å². The molecule has 3 nitrogen and oxygen atoms in total. The lowest BCUT2D eigenvalue weighted by Gasteiger charge is -2.41. The Morgan fingerprint density at radius 1 is 1.44 bits per heavy atom. The Hall–Kier alpha value is -0.120. The minimum atomic E-state index is -0.175. The summed E-state index contributed by atoms with van der Waals surface area (Å²) in [6.45, 7) is 9.40. The van der Waals surface area contributed by atoms with E-state index in [-0.39, 0.29) is 11.6 Å². The van der Waals surface area contributed by atoms with Crippen LogP contribution in [0.15, 0.2) is 0 Å². The van der Waals surface area contributed by atoms with E-state index >= 15 is 0 Å². The van der Waals surface area contributed by atoms with E-state index in [0.29, 0.717) is 5.92 Å². The Labute approximate surface area is 100 Å². The van der Waals surface area contributed by atoms with Gasteiger partial charge in [-0.25, -0.2) is 0 Å². The number of rotatable bonds is 5. The molecule has 0 aromatic heterocycles. The van der Waals surface area contributed by atoms with Gasteiger partial charge in [-0.3, -0.25) is 11.3 Å². The van der Waals surface area contributed by atoms with E-state index in [1.54, 1.807) is 0 Å². The van der Waals surface area contributed by atoms with Gasteiger partial charge in [-0.15, -0.1) is 0 Å². The predicted octanol–water partition coefficient (Wildman–Crippen LogP) is 2.46. The standard InChI is InChI=1S/C13H28N2O/c1-5-16-13(3,4)12(15-14)11-8-6-7-10(2)9-11/h10-12,15H,5-9,14H2,1-4H3. The molecule has 3 N–H and O–H groups in total. The molecule has 0 amide bonds. The van der Waals surface area contributed by atoms with E-state index in [4.69, 9.17) is 10.6 Å². The summed E-state index contributed by atoms with van der Waals surface area (Å²) in [6, 6.07) is 0.259. The molecule has 1 aliphatic carbocycles. The molecule has 1 rings (SSSR count). The Morgan fingerprint density at radius 2 is 2.12 bits per heavy atom. The molecule has 16 heavy (non-hydrogen) atoms. The highest BCUT2D eigenvalue weighted by Crippen LogP contribution is 2.34. The molecule has 0 aliphatic heterocycles. The predicted molar refractivity (Wildman–Crippen MR) is 67.9 cm³/mol. The topological polar surface area (TPSA) is 47.3 Å². The van der Waals surface area contributed by atoms with Crippen LogP contribution in [0.1, 0.15) is 53.4 Å². The van der Waals surface area contributed by atoms with E-state index in [0.717, 1.165) is 12.5 Å². The van der Waals surface area contributed by atoms with E-state index in [1.807, 2.05) is 6.92 Å². The molecule has 0 radical (unpaired) electrons. The zero-order valence-corrected chi connectivity index (χ0v) is 11.3. The van der Waals surface area contributed by atoms with E-state index < -0.39 is 0 Å². The summed E-state index contributed by atoms with van der Waals surface area (Å²) in [5.41, 5.74) is 2.82. The van der Waals surface area contributed by atoms with Crippen molar-refractivity contribution in [1.29, 1.82) is 0 Å². The molecule has 3 unspecified atom stereocenters. The van der Waals surface area contributed by atoms with Crippen molar-refractivity contribution in [2.75, 3.05) is 6.61 Å². The van der Waals surface area contributed by atoms with Gasteiger partial charge in [0.2, 0.25) is 0 Å². The summed E-state index contributed by atoms with van der Waals surface area (Å²) in [5, 5.41) is 0. The molecule has 1 saturated carbocycles. The number of hydrazine groups is 1. The van der Waals surface area contributed by atoms with Crippen molar-refractivity contribution in [2.45, 2.75) is 65.0 Å². The highest BCUT2D eigenvalue weighted by Gasteiger charge is 2.37. The van der Waals surface area contributed by atoms with Crippen molar-refractivity contribution in [2.24, 2.45) is 17.7 Å². The number of nitrogens with one attached hydrogen (secondary N) is 1. The fourth-order valence-electron chi connectivity index (χ4n) is 3.15. The summed E-state index contributed by atoms with van der Waals surface area (Å²) in [7, 11) is 0. The lowest BCUT2D eigenvalue weighted by Crippen LogP contribution is -2.56. The highest BCUT2D eigenvalue weighted by molar-refractivity contribution is 4.91. The van der Waals surface area contributed by atoms with Crippen LogP contribution in [0, 0.1) is 11.8 Å². The molecule has 0 heterocycles. The molecular weight excluding hydrogens is 200 g/mol. The average Bonchev–Trinajstić information content (AvgIpc) is 2.18. The van der Waals surface area contributed by atoms with Crippen molar-refractivity contribution < 1.29 is 4.74 Å². The molecule has 1 fully saturated rings. The van der Waals surface area contributed by atoms with Crippen molar-refractivity contribution in [1.82, 2.24) is 5.43 Å². The van der Waals surface area contributed by atoms with Gasteiger partial charge < -0.3 is 4.74 Å². The van der Waals surface area contributed by atoms with Crippen LogP contribution in [-0.4, -0.2) is 18.2 Å². The zero-order chi connectivity index (χ0) is 12.2.